The van der Waals surface area contributed by atoms with Crippen molar-refractivity contribution in [3.8, 4) is 0 Å². The summed E-state index contributed by atoms with van der Waals surface area (Å²) < 4.78 is 0. The molecule has 0 saturated heterocycles. The van der Waals surface area contributed by atoms with E-state index in [1.807, 2.05) is 19.1 Å². The van der Waals surface area contributed by atoms with Gasteiger partial charge in [-0.15, -0.1) is 12.4 Å². The molecule has 0 atom stereocenters. The third-order valence-corrected chi connectivity index (χ3v) is 2.91. The lowest BCUT2D eigenvalue weighted by Crippen LogP contribution is -2.20. The van der Waals surface area contributed by atoms with Gasteiger partial charge >= 0.3 is 0 Å². The fourth-order valence-electron chi connectivity index (χ4n) is 2.08. The van der Waals surface area contributed by atoms with Crippen LogP contribution >= 0.6 is 12.4 Å². The minimum absolute atomic E-state index is 0. The van der Waals surface area contributed by atoms with Gasteiger partial charge in [0.25, 0.3) is 5.91 Å². The van der Waals surface area contributed by atoms with Crippen LogP contribution in [-0.2, 0) is 6.42 Å². The monoisotopic (exact) mass is 267 g/mol. The van der Waals surface area contributed by atoms with Gasteiger partial charge in [0.15, 0.2) is 0 Å². The van der Waals surface area contributed by atoms with Crippen LogP contribution in [0, 0.1) is 6.92 Å². The fraction of sp³-hybridized carbons (Fsp3) is 0.308. The molecule has 98 valence electrons. The van der Waals surface area contributed by atoms with Gasteiger partial charge in [-0.3, -0.25) is 4.79 Å². The van der Waals surface area contributed by atoms with Gasteiger partial charge in [-0.25, -0.2) is 0 Å². The van der Waals surface area contributed by atoms with E-state index in [1.165, 1.54) is 5.56 Å². The number of H-pyrrole nitrogens is 1. The van der Waals surface area contributed by atoms with Crippen LogP contribution in [0.2, 0.25) is 0 Å². The number of halogens is 1. The summed E-state index contributed by atoms with van der Waals surface area (Å²) in [6, 6.07) is 6.11. The molecule has 0 radical (unpaired) electrons. The molecule has 1 heterocycles. The average Bonchev–Trinajstić information content (AvgIpc) is 2.67. The molecule has 2 aromatic rings. The van der Waals surface area contributed by atoms with Crippen molar-refractivity contribution in [1.29, 1.82) is 0 Å². The predicted octanol–water partition coefficient (Wildman–Crippen LogP) is 1.76. The molecule has 0 saturated carbocycles. The first-order chi connectivity index (χ1) is 8.17. The molecule has 1 aromatic carbocycles. The SMILES string of the molecule is CNC(=O)c1[nH]c2ccc(C)cc2c1CCN.Cl. The lowest BCUT2D eigenvalue weighted by Gasteiger charge is -2.02. The third kappa shape index (κ3) is 2.49. The quantitative estimate of drug-likeness (QED) is 0.793. The lowest BCUT2D eigenvalue weighted by atomic mass is 10.1. The van der Waals surface area contributed by atoms with Crippen molar-refractivity contribution in [3.05, 3.63) is 35.0 Å². The van der Waals surface area contributed by atoms with Gasteiger partial charge in [-0.1, -0.05) is 11.6 Å². The largest absolute Gasteiger partial charge is 0.354 e. The number of aromatic nitrogens is 1. The van der Waals surface area contributed by atoms with Crippen LogP contribution in [0.25, 0.3) is 10.9 Å². The van der Waals surface area contributed by atoms with Gasteiger partial charge < -0.3 is 16.0 Å². The molecule has 0 spiro atoms. The van der Waals surface area contributed by atoms with E-state index in [0.29, 0.717) is 18.7 Å². The Morgan fingerprint density at radius 1 is 1.44 bits per heavy atom. The average molecular weight is 268 g/mol. The Kier molecular flexibility index (Phi) is 4.76. The second-order valence-corrected chi connectivity index (χ2v) is 4.15. The Labute approximate surface area is 112 Å². The molecular weight excluding hydrogens is 250 g/mol. The summed E-state index contributed by atoms with van der Waals surface area (Å²) in [6.07, 6.45) is 0.701. The van der Waals surface area contributed by atoms with Gasteiger partial charge in [-0.2, -0.15) is 0 Å². The number of carbonyl (C=O) groups excluding carboxylic acids is 1. The minimum atomic E-state index is -0.0951. The Balaban J connectivity index is 0.00000162. The zero-order valence-electron chi connectivity index (χ0n) is 10.5. The van der Waals surface area contributed by atoms with E-state index in [9.17, 15) is 4.79 Å². The van der Waals surface area contributed by atoms with Crippen molar-refractivity contribution in [2.24, 2.45) is 5.73 Å². The van der Waals surface area contributed by atoms with E-state index in [-0.39, 0.29) is 18.3 Å². The first-order valence-corrected chi connectivity index (χ1v) is 5.70. The summed E-state index contributed by atoms with van der Waals surface area (Å²) in [6.45, 7) is 2.57. The van der Waals surface area contributed by atoms with E-state index in [0.717, 1.165) is 16.5 Å². The molecule has 2 rings (SSSR count). The van der Waals surface area contributed by atoms with Gasteiger partial charge in [0.2, 0.25) is 0 Å². The van der Waals surface area contributed by atoms with Gasteiger partial charge in [0.05, 0.1) is 0 Å². The second-order valence-electron chi connectivity index (χ2n) is 4.15. The number of aromatic amines is 1. The zero-order chi connectivity index (χ0) is 12.4. The van der Waals surface area contributed by atoms with E-state index >= 15 is 0 Å². The Bertz CT molecular complexity index is 563. The molecule has 4 nitrogen and oxygen atoms in total. The van der Waals surface area contributed by atoms with Crippen molar-refractivity contribution in [2.45, 2.75) is 13.3 Å². The van der Waals surface area contributed by atoms with Gasteiger partial charge in [0, 0.05) is 18.0 Å². The van der Waals surface area contributed by atoms with E-state index in [2.05, 4.69) is 16.4 Å². The molecule has 18 heavy (non-hydrogen) atoms. The summed E-state index contributed by atoms with van der Waals surface area (Å²) in [4.78, 5) is 14.9. The van der Waals surface area contributed by atoms with Crippen LogP contribution in [0.5, 0.6) is 0 Å². The normalized spacial score (nSPS) is 10.2. The molecule has 0 fully saturated rings. The summed E-state index contributed by atoms with van der Waals surface area (Å²) in [7, 11) is 1.63. The van der Waals surface area contributed by atoms with E-state index in [1.54, 1.807) is 7.05 Å². The molecule has 0 aliphatic carbocycles. The second kappa shape index (κ2) is 5.89. The van der Waals surface area contributed by atoms with Gasteiger partial charge in [-0.05, 0) is 37.6 Å². The number of benzene rings is 1. The number of rotatable bonds is 3. The van der Waals surface area contributed by atoms with E-state index in [4.69, 9.17) is 5.73 Å². The standard InChI is InChI=1S/C13H17N3O.ClH/c1-8-3-4-11-10(7-8)9(5-6-14)12(16-11)13(17)15-2;/h3-4,7,16H,5-6,14H2,1-2H3,(H,15,17);1H. The Morgan fingerprint density at radius 2 is 2.17 bits per heavy atom. The number of amides is 1. The minimum Gasteiger partial charge on any atom is -0.354 e. The molecule has 1 aromatic heterocycles. The molecule has 4 N–H and O–H groups in total. The highest BCUT2D eigenvalue weighted by Gasteiger charge is 2.15. The molecule has 0 bridgehead atoms. The molecular formula is C13H18ClN3O. The maximum absolute atomic E-state index is 11.8. The Hall–Kier alpha value is -1.52. The highest BCUT2D eigenvalue weighted by molar-refractivity contribution is 6.01. The summed E-state index contributed by atoms with van der Waals surface area (Å²) in [5.41, 5.74) is 9.41. The molecule has 1 amide bonds. The number of carbonyl (C=O) groups is 1. The molecule has 5 heteroatoms. The zero-order valence-corrected chi connectivity index (χ0v) is 11.4. The topological polar surface area (TPSA) is 70.9 Å². The first-order valence-electron chi connectivity index (χ1n) is 5.70. The van der Waals surface area contributed by atoms with Crippen molar-refractivity contribution < 1.29 is 4.79 Å². The number of hydrogen-bond acceptors (Lipinski definition) is 2. The van der Waals surface area contributed by atoms with Crippen LogP contribution in [0.15, 0.2) is 18.2 Å². The number of fused-ring (bicyclic) bond motifs is 1. The van der Waals surface area contributed by atoms with Crippen LogP contribution in [0.3, 0.4) is 0 Å². The number of nitrogens with one attached hydrogen (secondary N) is 2. The summed E-state index contributed by atoms with van der Waals surface area (Å²) >= 11 is 0. The number of hydrogen-bond donors (Lipinski definition) is 3. The van der Waals surface area contributed by atoms with Crippen molar-refractivity contribution in [1.82, 2.24) is 10.3 Å². The van der Waals surface area contributed by atoms with Crippen molar-refractivity contribution in [2.75, 3.05) is 13.6 Å². The van der Waals surface area contributed by atoms with E-state index < -0.39 is 0 Å². The first kappa shape index (κ1) is 14.5. The maximum atomic E-state index is 11.8. The molecule has 0 unspecified atom stereocenters. The molecule has 0 aliphatic rings. The van der Waals surface area contributed by atoms with Crippen molar-refractivity contribution >= 4 is 29.2 Å². The highest BCUT2D eigenvalue weighted by atomic mass is 35.5. The molecule has 0 aliphatic heterocycles. The predicted molar refractivity (Wildman–Crippen MR) is 76.4 cm³/mol. The Morgan fingerprint density at radius 3 is 2.78 bits per heavy atom. The van der Waals surface area contributed by atoms with Crippen molar-refractivity contribution in [3.63, 3.8) is 0 Å². The number of nitrogens with two attached hydrogens (primary N) is 1. The highest BCUT2D eigenvalue weighted by Crippen LogP contribution is 2.24. The van der Waals surface area contributed by atoms with Crippen LogP contribution < -0.4 is 11.1 Å². The van der Waals surface area contributed by atoms with Crippen LogP contribution in [0.4, 0.5) is 0 Å². The summed E-state index contributed by atoms with van der Waals surface area (Å²) in [5.74, 6) is -0.0951. The van der Waals surface area contributed by atoms with Crippen LogP contribution in [0.1, 0.15) is 21.6 Å². The summed E-state index contributed by atoms with van der Waals surface area (Å²) in [5, 5.41) is 3.74. The fourth-order valence-corrected chi connectivity index (χ4v) is 2.08. The van der Waals surface area contributed by atoms with Gasteiger partial charge in [0.1, 0.15) is 5.69 Å². The van der Waals surface area contributed by atoms with Crippen LogP contribution in [-0.4, -0.2) is 24.5 Å². The third-order valence-electron chi connectivity index (χ3n) is 2.91. The smallest absolute Gasteiger partial charge is 0.267 e. The number of aryl methyl sites for hydroxylation is 1. The lowest BCUT2D eigenvalue weighted by molar-refractivity contribution is 0.0958. The maximum Gasteiger partial charge on any atom is 0.267 e.